The molecule has 8 nitrogen and oxygen atoms in total. The van der Waals surface area contributed by atoms with E-state index in [1.807, 2.05) is 41.5 Å². The van der Waals surface area contributed by atoms with E-state index in [4.69, 9.17) is 24.1 Å². The topological polar surface area (TPSA) is 101 Å². The molecule has 3 N–H and O–H groups in total. The zero-order valence-corrected chi connectivity index (χ0v) is 33.4. The molecule has 8 heteroatoms. The van der Waals surface area contributed by atoms with Crippen molar-refractivity contribution in [3.8, 4) is 0 Å². The lowest BCUT2D eigenvalue weighted by molar-refractivity contribution is -0.253. The Labute approximate surface area is 300 Å². The van der Waals surface area contributed by atoms with Gasteiger partial charge in [-0.25, -0.2) is 0 Å². The van der Waals surface area contributed by atoms with Crippen molar-refractivity contribution in [2.45, 2.75) is 169 Å². The molecule has 0 aromatic carbocycles. The molecule has 3 unspecified atom stereocenters. The number of rotatable bonds is 9. The highest BCUT2D eigenvalue weighted by Gasteiger charge is 2.80. The van der Waals surface area contributed by atoms with Gasteiger partial charge in [0.1, 0.15) is 0 Å². The van der Waals surface area contributed by atoms with E-state index in [1.54, 1.807) is 7.11 Å². The van der Waals surface area contributed by atoms with E-state index < -0.39 is 5.60 Å². The Morgan fingerprint density at radius 3 is 2.24 bits per heavy atom. The lowest BCUT2D eigenvalue weighted by atomic mass is 9.46. The molecule has 5 aliphatic carbocycles. The highest BCUT2D eigenvalue weighted by molar-refractivity contribution is 5.29. The van der Waals surface area contributed by atoms with Crippen LogP contribution in [-0.4, -0.2) is 104 Å². The highest BCUT2D eigenvalue weighted by Crippen LogP contribution is 2.87. The molecule has 0 amide bonds. The summed E-state index contributed by atoms with van der Waals surface area (Å²) >= 11 is 0. The molecule has 2 saturated heterocycles. The molecule has 288 valence electrons. The van der Waals surface area contributed by atoms with Gasteiger partial charge in [-0.15, -0.1) is 0 Å². The van der Waals surface area contributed by atoms with Gasteiger partial charge in [0.2, 0.25) is 0 Å². The SMILES string of the molecule is CC.CC.CO.CO[C@@H](CCC[C@H]1[C@H](O)CC2[C@@H]3CCC4C(C)(C)[C@@H](OC5CN(C6COC6)CCO5)CC[C@@]45C[C@@]35CC[C@@]21C)C(C)(C)O. The second-order valence-corrected chi connectivity index (χ2v) is 17.5. The van der Waals surface area contributed by atoms with Crippen molar-refractivity contribution in [1.82, 2.24) is 4.90 Å². The van der Waals surface area contributed by atoms with Gasteiger partial charge in [0.25, 0.3) is 0 Å². The smallest absolute Gasteiger partial charge is 0.170 e. The minimum atomic E-state index is -0.835. The summed E-state index contributed by atoms with van der Waals surface area (Å²) in [5, 5.41) is 29.0. The van der Waals surface area contributed by atoms with Gasteiger partial charge in [0.15, 0.2) is 6.29 Å². The molecule has 7 rings (SSSR count). The number of nitrogens with zero attached hydrogens (tertiary/aromatic N) is 1. The summed E-state index contributed by atoms with van der Waals surface area (Å²) in [5.41, 5.74) is 0.508. The average Bonchev–Trinajstić information content (AvgIpc) is 3.66. The Bertz CT molecular complexity index is 1030. The first-order chi connectivity index (χ1) is 23.4. The molecule has 0 aromatic heterocycles. The lowest BCUT2D eigenvalue weighted by Gasteiger charge is -2.60. The monoisotopic (exact) mass is 696 g/mol. The van der Waals surface area contributed by atoms with Gasteiger partial charge < -0.3 is 34.3 Å². The molecule has 2 spiro atoms. The Morgan fingerprint density at radius 1 is 0.939 bits per heavy atom. The van der Waals surface area contributed by atoms with Crippen molar-refractivity contribution in [3.63, 3.8) is 0 Å². The number of fused-ring (bicyclic) bond motifs is 2. The zero-order valence-electron chi connectivity index (χ0n) is 33.4. The van der Waals surface area contributed by atoms with Crippen LogP contribution >= 0.6 is 0 Å². The summed E-state index contributed by atoms with van der Waals surface area (Å²) in [5.74, 6) is 2.49. The van der Waals surface area contributed by atoms with E-state index in [1.165, 1.54) is 38.5 Å². The maximum absolute atomic E-state index is 11.5. The van der Waals surface area contributed by atoms with Crippen LogP contribution in [0.15, 0.2) is 0 Å². The third-order valence-corrected chi connectivity index (χ3v) is 15.0. The molecule has 0 bridgehead atoms. The van der Waals surface area contributed by atoms with E-state index in [0.717, 1.165) is 78.0 Å². The molecule has 5 saturated carbocycles. The van der Waals surface area contributed by atoms with Crippen molar-refractivity contribution in [2.24, 2.45) is 45.3 Å². The van der Waals surface area contributed by atoms with Crippen LogP contribution in [0.2, 0.25) is 0 Å². The quantitative estimate of drug-likeness (QED) is 0.236. The van der Waals surface area contributed by atoms with Crippen molar-refractivity contribution in [3.05, 3.63) is 0 Å². The number of aliphatic hydroxyl groups excluding tert-OH is 2. The summed E-state index contributed by atoms with van der Waals surface area (Å²) in [4.78, 5) is 2.52. The second-order valence-electron chi connectivity index (χ2n) is 17.5. The molecule has 0 radical (unpaired) electrons. The standard InChI is InChI=1S/C36H61NO6.2C2H6.CH4O/c1-32(2)28-11-10-24-26-18-27(38)25(8-7-9-30(40-6)33(3,4)39)34(26,5)14-15-35(24)22-36(28,35)13-12-29(32)43-31-19-37(16-17-42-31)23-20-41-21-23;3*1-2/h23-31,38-39H,7-22H2,1-6H3;2*1-2H3;2H,1H3/t24-,25-,26?,27+,28?,29-,30-,31?,34+,35-,36+;;;/m0.../s1. The van der Waals surface area contributed by atoms with Crippen LogP contribution in [0.1, 0.15) is 133 Å². The third-order valence-electron chi connectivity index (χ3n) is 15.0. The van der Waals surface area contributed by atoms with Crippen LogP contribution in [0.3, 0.4) is 0 Å². The molecular weight excluding hydrogens is 618 g/mol. The molecule has 49 heavy (non-hydrogen) atoms. The molecule has 0 aromatic rings. The van der Waals surface area contributed by atoms with Crippen molar-refractivity contribution >= 4 is 0 Å². The molecular formula is C41H77NO7. The first kappa shape index (κ1) is 41.4. The molecule has 7 aliphatic rings. The minimum absolute atomic E-state index is 0.118. The first-order valence-electron chi connectivity index (χ1n) is 20.3. The van der Waals surface area contributed by atoms with E-state index in [9.17, 15) is 10.2 Å². The van der Waals surface area contributed by atoms with Gasteiger partial charge in [0.05, 0.1) is 56.3 Å². The van der Waals surface area contributed by atoms with E-state index in [-0.39, 0.29) is 35.4 Å². The van der Waals surface area contributed by atoms with Gasteiger partial charge in [-0.05, 0) is 123 Å². The van der Waals surface area contributed by atoms with Gasteiger partial charge in [-0.3, -0.25) is 4.90 Å². The van der Waals surface area contributed by atoms with E-state index >= 15 is 0 Å². The van der Waals surface area contributed by atoms with Gasteiger partial charge in [-0.2, -0.15) is 0 Å². The number of aliphatic hydroxyl groups is 3. The molecule has 7 fully saturated rings. The maximum Gasteiger partial charge on any atom is 0.170 e. The largest absolute Gasteiger partial charge is 0.400 e. The van der Waals surface area contributed by atoms with Gasteiger partial charge >= 0.3 is 0 Å². The molecule has 2 heterocycles. The van der Waals surface area contributed by atoms with Crippen LogP contribution in [0.4, 0.5) is 0 Å². The summed E-state index contributed by atoms with van der Waals surface area (Å²) in [7, 11) is 2.71. The van der Waals surface area contributed by atoms with Crippen LogP contribution < -0.4 is 0 Å². The predicted octanol–water partition coefficient (Wildman–Crippen LogP) is 7.07. The average molecular weight is 696 g/mol. The Kier molecular flexibility index (Phi) is 13.8. The van der Waals surface area contributed by atoms with E-state index in [0.29, 0.717) is 34.6 Å². The van der Waals surface area contributed by atoms with E-state index in [2.05, 4.69) is 25.7 Å². The maximum atomic E-state index is 11.5. The Hall–Kier alpha value is -0.320. The number of methoxy groups -OCH3 is 1. The summed E-state index contributed by atoms with van der Waals surface area (Å²) in [6.45, 7) is 23.6. The Morgan fingerprint density at radius 2 is 1.63 bits per heavy atom. The normalized spacial score (nSPS) is 42.9. The van der Waals surface area contributed by atoms with Crippen LogP contribution in [0, 0.1) is 45.3 Å². The van der Waals surface area contributed by atoms with Crippen molar-refractivity contribution < 1.29 is 34.3 Å². The highest BCUT2D eigenvalue weighted by atomic mass is 16.7. The second kappa shape index (κ2) is 16.4. The minimum Gasteiger partial charge on any atom is -0.400 e. The van der Waals surface area contributed by atoms with Crippen molar-refractivity contribution in [2.75, 3.05) is 47.1 Å². The third kappa shape index (κ3) is 7.31. The molecule has 11 atom stereocenters. The number of ether oxygens (including phenoxy) is 4. The number of morpholine rings is 1. The fourth-order valence-electron chi connectivity index (χ4n) is 12.7. The fourth-order valence-corrected chi connectivity index (χ4v) is 12.7. The van der Waals surface area contributed by atoms with Crippen LogP contribution in [-0.2, 0) is 18.9 Å². The summed E-state index contributed by atoms with van der Waals surface area (Å²) < 4.78 is 24.1. The number of hydrogen-bond donors (Lipinski definition) is 3. The van der Waals surface area contributed by atoms with Gasteiger partial charge in [-0.1, -0.05) is 54.9 Å². The predicted molar refractivity (Wildman–Crippen MR) is 196 cm³/mol. The fraction of sp³-hybridized carbons (Fsp3) is 1.00. The number of hydrogen-bond acceptors (Lipinski definition) is 8. The molecule has 2 aliphatic heterocycles. The van der Waals surface area contributed by atoms with Crippen LogP contribution in [0.5, 0.6) is 0 Å². The van der Waals surface area contributed by atoms with Crippen molar-refractivity contribution in [1.29, 1.82) is 0 Å². The first-order valence-corrected chi connectivity index (χ1v) is 20.3. The van der Waals surface area contributed by atoms with Gasteiger partial charge in [0, 0.05) is 20.8 Å². The summed E-state index contributed by atoms with van der Waals surface area (Å²) in [6, 6.07) is 0.542. The van der Waals surface area contributed by atoms with Crippen LogP contribution in [0.25, 0.3) is 0 Å². The summed E-state index contributed by atoms with van der Waals surface area (Å²) in [6.07, 6.45) is 12.8. The lowest BCUT2D eigenvalue weighted by Crippen LogP contribution is -2.58. The Balaban J connectivity index is 0.000000856. The zero-order chi connectivity index (χ0) is 36.4.